The van der Waals surface area contributed by atoms with Gasteiger partial charge in [0.05, 0.1) is 0 Å². The highest BCUT2D eigenvalue weighted by Crippen LogP contribution is 2.30. The quantitative estimate of drug-likeness (QED) is 0.550. The lowest BCUT2D eigenvalue weighted by Crippen LogP contribution is -2.52. The van der Waals surface area contributed by atoms with E-state index in [1.807, 2.05) is 37.3 Å². The number of piperidine rings is 1. The van der Waals surface area contributed by atoms with Gasteiger partial charge in [-0.2, -0.15) is 0 Å². The van der Waals surface area contributed by atoms with Crippen LogP contribution in [0.1, 0.15) is 43.2 Å². The van der Waals surface area contributed by atoms with E-state index in [4.69, 9.17) is 23.2 Å². The van der Waals surface area contributed by atoms with Gasteiger partial charge in [-0.3, -0.25) is 4.90 Å². The van der Waals surface area contributed by atoms with E-state index < -0.39 is 0 Å². The summed E-state index contributed by atoms with van der Waals surface area (Å²) in [6.45, 7) is 4.14. The molecule has 2 aliphatic rings. The van der Waals surface area contributed by atoms with Crippen molar-refractivity contribution < 1.29 is 4.79 Å². The standard InChI is InChI=1S/C25H31Cl2N3O/c1-17-21(27)4-2-5-22(17)28-25(31)29-23-6-3-7-24(23)30-14-12-19(13-15-30)16-18-8-10-20(26)11-9-18/h2,4-5,8-11,19,23-24H,3,6-7,12-16H2,1H3,(H2,28,29,31)/t23-,24-/m1/s1. The Labute approximate surface area is 195 Å². The van der Waals surface area contributed by atoms with Crippen LogP contribution in [0.25, 0.3) is 0 Å². The van der Waals surface area contributed by atoms with Crippen molar-refractivity contribution in [2.75, 3.05) is 18.4 Å². The summed E-state index contributed by atoms with van der Waals surface area (Å²) in [4.78, 5) is 15.2. The molecular weight excluding hydrogens is 429 g/mol. The van der Waals surface area contributed by atoms with Crippen LogP contribution in [-0.2, 0) is 6.42 Å². The number of carbonyl (C=O) groups excluding carboxylic acids is 1. The van der Waals surface area contributed by atoms with Gasteiger partial charge in [-0.15, -0.1) is 0 Å². The SMILES string of the molecule is Cc1c(Cl)cccc1NC(=O)N[C@@H]1CCC[C@H]1N1CCC(Cc2ccc(Cl)cc2)CC1. The topological polar surface area (TPSA) is 44.4 Å². The molecule has 1 heterocycles. The van der Waals surface area contributed by atoms with Crippen molar-refractivity contribution in [2.24, 2.45) is 5.92 Å². The molecule has 2 aromatic rings. The first-order valence-electron chi connectivity index (χ1n) is 11.3. The first-order valence-corrected chi connectivity index (χ1v) is 12.1. The summed E-state index contributed by atoms with van der Waals surface area (Å²) in [5, 5.41) is 7.67. The lowest BCUT2D eigenvalue weighted by atomic mass is 9.89. The zero-order chi connectivity index (χ0) is 21.8. The molecule has 0 aromatic heterocycles. The molecule has 2 amide bonds. The maximum atomic E-state index is 12.6. The van der Waals surface area contributed by atoms with E-state index in [1.165, 1.54) is 18.4 Å². The number of amides is 2. The second-order valence-electron chi connectivity index (χ2n) is 8.93. The number of rotatable bonds is 5. The van der Waals surface area contributed by atoms with Gasteiger partial charge in [0, 0.05) is 27.8 Å². The van der Waals surface area contributed by atoms with Crippen molar-refractivity contribution in [2.45, 2.75) is 57.5 Å². The molecule has 1 saturated carbocycles. The van der Waals surface area contributed by atoms with Crippen molar-refractivity contribution in [1.29, 1.82) is 0 Å². The molecule has 166 valence electrons. The monoisotopic (exact) mass is 459 g/mol. The fourth-order valence-corrected chi connectivity index (χ4v) is 5.36. The predicted molar refractivity (Wildman–Crippen MR) is 129 cm³/mol. The maximum absolute atomic E-state index is 12.6. The van der Waals surface area contributed by atoms with E-state index in [2.05, 4.69) is 27.7 Å². The summed E-state index contributed by atoms with van der Waals surface area (Å²) in [6.07, 6.45) is 6.90. The van der Waals surface area contributed by atoms with Gasteiger partial charge in [0.15, 0.2) is 0 Å². The van der Waals surface area contributed by atoms with E-state index in [9.17, 15) is 4.79 Å². The van der Waals surface area contributed by atoms with Gasteiger partial charge in [0.25, 0.3) is 0 Å². The van der Waals surface area contributed by atoms with E-state index in [0.717, 1.165) is 61.0 Å². The minimum atomic E-state index is -0.139. The molecule has 2 N–H and O–H groups in total. The van der Waals surface area contributed by atoms with Crippen LogP contribution >= 0.6 is 23.2 Å². The molecule has 4 rings (SSSR count). The molecule has 1 saturated heterocycles. The van der Waals surface area contributed by atoms with E-state index in [0.29, 0.717) is 11.1 Å². The number of likely N-dealkylation sites (tertiary alicyclic amines) is 1. The first kappa shape index (κ1) is 22.4. The van der Waals surface area contributed by atoms with Gasteiger partial charge in [0.2, 0.25) is 0 Å². The Balaban J connectivity index is 1.28. The molecule has 31 heavy (non-hydrogen) atoms. The minimum Gasteiger partial charge on any atom is -0.334 e. The molecule has 6 heteroatoms. The van der Waals surface area contributed by atoms with E-state index >= 15 is 0 Å². The Hall–Kier alpha value is -1.75. The lowest BCUT2D eigenvalue weighted by Gasteiger charge is -2.38. The number of nitrogens with zero attached hydrogens (tertiary/aromatic N) is 1. The highest BCUT2D eigenvalue weighted by atomic mass is 35.5. The molecule has 0 bridgehead atoms. The van der Waals surface area contributed by atoms with Gasteiger partial charge in [-0.05, 0) is 99.8 Å². The Bertz CT molecular complexity index is 894. The molecule has 4 nitrogen and oxygen atoms in total. The van der Waals surface area contributed by atoms with E-state index in [1.54, 1.807) is 0 Å². The molecule has 0 spiro atoms. The summed E-state index contributed by atoms with van der Waals surface area (Å²) in [6, 6.07) is 14.3. The molecule has 2 fully saturated rings. The highest BCUT2D eigenvalue weighted by Gasteiger charge is 2.35. The number of urea groups is 1. The fourth-order valence-electron chi connectivity index (χ4n) is 5.06. The third-order valence-electron chi connectivity index (χ3n) is 6.87. The van der Waals surface area contributed by atoms with Crippen LogP contribution in [0.5, 0.6) is 0 Å². The van der Waals surface area contributed by atoms with Crippen LogP contribution in [0.3, 0.4) is 0 Å². The Morgan fingerprint density at radius 1 is 1.03 bits per heavy atom. The summed E-state index contributed by atoms with van der Waals surface area (Å²) in [5.74, 6) is 0.722. The van der Waals surface area contributed by atoms with Crippen LogP contribution in [-0.4, -0.2) is 36.1 Å². The molecule has 2 atom stereocenters. The van der Waals surface area contributed by atoms with Crippen molar-refractivity contribution >= 4 is 34.9 Å². The first-order chi connectivity index (χ1) is 15.0. The predicted octanol–water partition coefficient (Wildman–Crippen LogP) is 6.30. The number of benzene rings is 2. The Morgan fingerprint density at radius 2 is 1.77 bits per heavy atom. The van der Waals surface area contributed by atoms with Crippen LogP contribution in [0.4, 0.5) is 10.5 Å². The number of anilines is 1. The van der Waals surface area contributed by atoms with Gasteiger partial charge in [-0.25, -0.2) is 4.79 Å². The third-order valence-corrected chi connectivity index (χ3v) is 7.53. The van der Waals surface area contributed by atoms with Crippen molar-refractivity contribution in [3.05, 3.63) is 63.6 Å². The van der Waals surface area contributed by atoms with Crippen LogP contribution in [0, 0.1) is 12.8 Å². The zero-order valence-electron chi connectivity index (χ0n) is 18.0. The fraction of sp³-hybridized carbons (Fsp3) is 0.480. The van der Waals surface area contributed by atoms with Crippen molar-refractivity contribution in [3.63, 3.8) is 0 Å². The second kappa shape index (κ2) is 10.2. The minimum absolute atomic E-state index is 0.139. The average Bonchev–Trinajstić information content (AvgIpc) is 3.21. The van der Waals surface area contributed by atoms with Crippen molar-refractivity contribution in [1.82, 2.24) is 10.2 Å². The average molecular weight is 460 g/mol. The van der Waals surface area contributed by atoms with Crippen molar-refractivity contribution in [3.8, 4) is 0 Å². The summed E-state index contributed by atoms with van der Waals surface area (Å²) < 4.78 is 0. The van der Waals surface area contributed by atoms with Crippen LogP contribution in [0.2, 0.25) is 10.0 Å². The van der Waals surface area contributed by atoms with Crippen LogP contribution in [0.15, 0.2) is 42.5 Å². The summed E-state index contributed by atoms with van der Waals surface area (Å²) in [5.41, 5.74) is 3.03. The molecule has 0 radical (unpaired) electrons. The summed E-state index contributed by atoms with van der Waals surface area (Å²) >= 11 is 12.2. The van der Waals surface area contributed by atoms with Crippen LogP contribution < -0.4 is 10.6 Å². The molecule has 1 aliphatic heterocycles. The lowest BCUT2D eigenvalue weighted by molar-refractivity contribution is 0.119. The number of halogens is 2. The van der Waals surface area contributed by atoms with Gasteiger partial charge in [0.1, 0.15) is 0 Å². The van der Waals surface area contributed by atoms with Gasteiger partial charge < -0.3 is 10.6 Å². The van der Waals surface area contributed by atoms with Gasteiger partial charge >= 0.3 is 6.03 Å². The normalized spacial score (nSPS) is 22.4. The third kappa shape index (κ3) is 5.74. The maximum Gasteiger partial charge on any atom is 0.319 e. The molecule has 2 aromatic carbocycles. The number of hydrogen-bond donors (Lipinski definition) is 2. The highest BCUT2D eigenvalue weighted by molar-refractivity contribution is 6.31. The largest absolute Gasteiger partial charge is 0.334 e. The Kier molecular flexibility index (Phi) is 7.42. The van der Waals surface area contributed by atoms with Gasteiger partial charge in [-0.1, -0.05) is 41.4 Å². The zero-order valence-corrected chi connectivity index (χ0v) is 19.6. The Morgan fingerprint density at radius 3 is 2.52 bits per heavy atom. The molecule has 1 aliphatic carbocycles. The number of nitrogens with one attached hydrogen (secondary N) is 2. The van der Waals surface area contributed by atoms with E-state index in [-0.39, 0.29) is 12.1 Å². The molecule has 0 unspecified atom stereocenters. The second-order valence-corrected chi connectivity index (χ2v) is 9.77. The summed E-state index contributed by atoms with van der Waals surface area (Å²) in [7, 11) is 0. The smallest absolute Gasteiger partial charge is 0.319 e. The molecular formula is C25H31Cl2N3O. The number of hydrogen-bond acceptors (Lipinski definition) is 2. The number of carbonyl (C=O) groups is 1.